The molecule has 0 unspecified atom stereocenters. The maximum atomic E-state index is 14.2. The first-order valence-electron chi connectivity index (χ1n) is 10.8. The Hall–Kier alpha value is -2.57. The van der Waals surface area contributed by atoms with Gasteiger partial charge in [0.05, 0.1) is 22.5 Å². The molecule has 0 spiro atoms. The fourth-order valence-electron chi connectivity index (χ4n) is 3.40. The molecule has 38 heavy (non-hydrogen) atoms. The molecule has 2 amide bonds. The van der Waals surface area contributed by atoms with Gasteiger partial charge in [0.2, 0.25) is 0 Å². The van der Waals surface area contributed by atoms with Crippen molar-refractivity contribution in [2.24, 2.45) is 0 Å². The number of hydrogen-bond donors (Lipinski definition) is 0. The van der Waals surface area contributed by atoms with Gasteiger partial charge < -0.3 is 8.92 Å². The first-order valence-corrected chi connectivity index (χ1v) is 14.6. The lowest BCUT2D eigenvalue weighted by Crippen LogP contribution is -2.28. The van der Waals surface area contributed by atoms with Gasteiger partial charge in [0.15, 0.2) is 11.5 Å². The molecule has 0 radical (unpaired) electrons. The highest BCUT2D eigenvalue weighted by Gasteiger charge is 2.36. The number of amides is 2. The Morgan fingerprint density at radius 1 is 1.11 bits per heavy atom. The van der Waals surface area contributed by atoms with Crippen LogP contribution in [0.1, 0.15) is 18.1 Å². The van der Waals surface area contributed by atoms with Crippen molar-refractivity contribution in [3.63, 3.8) is 0 Å². The third-order valence-corrected chi connectivity index (χ3v) is 8.51. The van der Waals surface area contributed by atoms with E-state index < -0.39 is 27.1 Å². The minimum absolute atomic E-state index is 0.0301. The van der Waals surface area contributed by atoms with Gasteiger partial charge in [-0.25, -0.2) is 4.39 Å². The normalized spacial score (nSPS) is 14.9. The van der Waals surface area contributed by atoms with Crippen molar-refractivity contribution in [1.82, 2.24) is 4.90 Å². The summed E-state index contributed by atoms with van der Waals surface area (Å²) < 4.78 is 51.0. The molecule has 0 bridgehead atoms. The minimum atomic E-state index is -4.22. The van der Waals surface area contributed by atoms with Crippen molar-refractivity contribution in [3.8, 4) is 11.5 Å². The van der Waals surface area contributed by atoms with E-state index in [2.05, 4.69) is 15.9 Å². The molecule has 4 rings (SSSR count). The van der Waals surface area contributed by atoms with E-state index in [-0.39, 0.29) is 49.5 Å². The highest BCUT2D eigenvalue weighted by molar-refractivity contribution is 9.10. The smallest absolute Gasteiger partial charge is 0.339 e. The first-order chi connectivity index (χ1) is 18.0. The number of imide groups is 1. The molecule has 0 saturated carbocycles. The van der Waals surface area contributed by atoms with Crippen LogP contribution in [0.25, 0.3) is 6.08 Å². The Morgan fingerprint density at radius 3 is 2.47 bits per heavy atom. The second-order valence-corrected chi connectivity index (χ2v) is 12.0. The number of nitrogens with zero attached hydrogens (tertiary/aromatic N) is 1. The second kappa shape index (κ2) is 11.7. The van der Waals surface area contributed by atoms with Crippen LogP contribution in [-0.2, 0) is 21.5 Å². The summed E-state index contributed by atoms with van der Waals surface area (Å²) in [6.45, 7) is 1.57. The zero-order valence-electron chi connectivity index (χ0n) is 19.4. The number of benzene rings is 3. The molecule has 13 heteroatoms. The van der Waals surface area contributed by atoms with Crippen molar-refractivity contribution >= 4 is 78.2 Å². The van der Waals surface area contributed by atoms with Crippen LogP contribution in [0.15, 0.2) is 68.9 Å². The van der Waals surface area contributed by atoms with Gasteiger partial charge in [0.25, 0.3) is 11.1 Å². The SMILES string of the molecule is CCOc1cc(/C=C2\SC(=O)N(Cc3c(F)cccc3Cl)C2=O)cc(Br)c1OS(=O)(=O)c1ccc(Cl)cc1. The van der Waals surface area contributed by atoms with Crippen molar-refractivity contribution < 1.29 is 31.3 Å². The van der Waals surface area contributed by atoms with Crippen LogP contribution in [0.4, 0.5) is 9.18 Å². The second-order valence-electron chi connectivity index (χ2n) is 7.72. The number of carbonyl (C=O) groups excluding carboxylic acids is 2. The van der Waals surface area contributed by atoms with E-state index in [0.717, 1.165) is 4.90 Å². The Labute approximate surface area is 240 Å². The van der Waals surface area contributed by atoms with Crippen LogP contribution >= 0.6 is 50.9 Å². The van der Waals surface area contributed by atoms with E-state index in [1.807, 2.05) is 0 Å². The zero-order chi connectivity index (χ0) is 27.6. The predicted octanol–water partition coefficient (Wildman–Crippen LogP) is 7.30. The van der Waals surface area contributed by atoms with Crippen LogP contribution in [0.3, 0.4) is 0 Å². The zero-order valence-corrected chi connectivity index (χ0v) is 24.1. The van der Waals surface area contributed by atoms with Crippen LogP contribution in [0.5, 0.6) is 11.5 Å². The predicted molar refractivity (Wildman–Crippen MR) is 148 cm³/mol. The average Bonchev–Trinajstić information content (AvgIpc) is 3.11. The van der Waals surface area contributed by atoms with Gasteiger partial charge in [0.1, 0.15) is 10.7 Å². The summed E-state index contributed by atoms with van der Waals surface area (Å²) in [5.74, 6) is -1.27. The highest BCUT2D eigenvalue weighted by atomic mass is 79.9. The van der Waals surface area contributed by atoms with Gasteiger partial charge >= 0.3 is 10.1 Å². The summed E-state index contributed by atoms with van der Waals surface area (Å²) in [6, 6.07) is 12.5. The summed E-state index contributed by atoms with van der Waals surface area (Å²) in [5, 5.41) is -0.118. The Morgan fingerprint density at radius 2 is 1.82 bits per heavy atom. The van der Waals surface area contributed by atoms with Crippen molar-refractivity contribution in [2.75, 3.05) is 6.61 Å². The fourth-order valence-corrected chi connectivity index (χ4v) is 6.20. The van der Waals surface area contributed by atoms with E-state index in [9.17, 15) is 22.4 Å². The standard InChI is InChI=1S/C25H17BrCl2FNO6S2/c1-2-35-21-11-14(10-18(26)23(21)36-38(33,34)16-8-6-15(27)7-9-16)12-22-24(31)30(25(32)37-22)13-17-19(28)4-3-5-20(17)29/h3-12H,2,13H2,1H3/b22-12-. The molecule has 1 fully saturated rings. The molecule has 0 aromatic heterocycles. The van der Waals surface area contributed by atoms with Crippen LogP contribution in [-0.4, -0.2) is 31.1 Å². The monoisotopic (exact) mass is 659 g/mol. The van der Waals surface area contributed by atoms with E-state index >= 15 is 0 Å². The third-order valence-electron chi connectivity index (χ3n) is 5.18. The van der Waals surface area contributed by atoms with Crippen LogP contribution < -0.4 is 8.92 Å². The molecular formula is C25H17BrCl2FNO6S2. The largest absolute Gasteiger partial charge is 0.490 e. The number of carbonyl (C=O) groups is 2. The molecule has 1 saturated heterocycles. The molecule has 3 aromatic rings. The lowest BCUT2D eigenvalue weighted by Gasteiger charge is -2.15. The fraction of sp³-hybridized carbons (Fsp3) is 0.120. The summed E-state index contributed by atoms with van der Waals surface area (Å²) >= 11 is 15.9. The van der Waals surface area contributed by atoms with Gasteiger partial charge in [-0.1, -0.05) is 29.3 Å². The molecule has 3 aromatic carbocycles. The Balaban J connectivity index is 1.63. The Bertz CT molecular complexity index is 1540. The van der Waals surface area contributed by atoms with Crippen molar-refractivity contribution in [3.05, 3.63) is 91.0 Å². The maximum Gasteiger partial charge on any atom is 0.339 e. The Kier molecular flexibility index (Phi) is 8.73. The first kappa shape index (κ1) is 28.4. The van der Waals surface area contributed by atoms with E-state index in [1.165, 1.54) is 60.7 Å². The molecular weight excluding hydrogens is 644 g/mol. The van der Waals surface area contributed by atoms with Crippen molar-refractivity contribution in [1.29, 1.82) is 0 Å². The summed E-state index contributed by atoms with van der Waals surface area (Å²) in [7, 11) is -4.22. The minimum Gasteiger partial charge on any atom is -0.490 e. The number of hydrogen-bond acceptors (Lipinski definition) is 7. The van der Waals surface area contributed by atoms with Gasteiger partial charge in [-0.15, -0.1) is 0 Å². The lowest BCUT2D eigenvalue weighted by molar-refractivity contribution is -0.123. The van der Waals surface area contributed by atoms with E-state index in [0.29, 0.717) is 22.3 Å². The summed E-state index contributed by atoms with van der Waals surface area (Å²) in [4.78, 5) is 26.4. The van der Waals surface area contributed by atoms with E-state index in [4.69, 9.17) is 32.1 Å². The number of ether oxygens (including phenoxy) is 1. The molecule has 198 valence electrons. The number of thioether (sulfide) groups is 1. The van der Waals surface area contributed by atoms with Gasteiger partial charge in [-0.05, 0) is 94.8 Å². The average molecular weight is 661 g/mol. The van der Waals surface area contributed by atoms with Gasteiger partial charge in [-0.3, -0.25) is 14.5 Å². The van der Waals surface area contributed by atoms with Crippen molar-refractivity contribution in [2.45, 2.75) is 18.4 Å². The maximum absolute atomic E-state index is 14.2. The highest BCUT2D eigenvalue weighted by Crippen LogP contribution is 2.41. The molecule has 0 atom stereocenters. The molecule has 7 nitrogen and oxygen atoms in total. The summed E-state index contributed by atoms with van der Waals surface area (Å²) in [6.07, 6.45) is 1.44. The van der Waals surface area contributed by atoms with Crippen LogP contribution in [0.2, 0.25) is 10.0 Å². The molecule has 0 aliphatic carbocycles. The molecule has 1 aliphatic heterocycles. The third kappa shape index (κ3) is 6.18. The topological polar surface area (TPSA) is 90.0 Å². The van der Waals surface area contributed by atoms with Crippen LogP contribution in [0, 0.1) is 5.82 Å². The number of halogens is 4. The molecule has 1 aliphatic rings. The van der Waals surface area contributed by atoms with Gasteiger partial charge in [-0.2, -0.15) is 8.42 Å². The lowest BCUT2D eigenvalue weighted by atomic mass is 10.1. The van der Waals surface area contributed by atoms with E-state index in [1.54, 1.807) is 6.92 Å². The molecule has 0 N–H and O–H groups in total. The number of rotatable bonds is 8. The molecule has 1 heterocycles. The summed E-state index contributed by atoms with van der Waals surface area (Å²) in [5.41, 5.74) is 0.452. The quantitative estimate of drug-likeness (QED) is 0.185. The van der Waals surface area contributed by atoms with Gasteiger partial charge in [0, 0.05) is 15.6 Å².